The summed E-state index contributed by atoms with van der Waals surface area (Å²) in [5, 5.41) is 0. The van der Waals surface area contributed by atoms with Crippen molar-refractivity contribution in [2.75, 3.05) is 0 Å². The maximum Gasteiger partial charge on any atom is 0.167 e. The summed E-state index contributed by atoms with van der Waals surface area (Å²) in [6, 6.07) is 10.4. The topological polar surface area (TPSA) is 17.1 Å². The van der Waals surface area contributed by atoms with Crippen LogP contribution in [0.5, 0.6) is 0 Å². The third-order valence-electron chi connectivity index (χ3n) is 2.89. The molecule has 2 aromatic rings. The van der Waals surface area contributed by atoms with E-state index in [2.05, 4.69) is 22.0 Å². The first-order valence-electron chi connectivity index (χ1n) is 6.01. The Morgan fingerprint density at radius 1 is 1.11 bits per heavy atom. The van der Waals surface area contributed by atoms with Crippen molar-refractivity contribution < 1.29 is 9.18 Å². The molecule has 0 spiro atoms. The van der Waals surface area contributed by atoms with Gasteiger partial charge in [-0.3, -0.25) is 4.79 Å². The number of rotatable bonds is 3. The second kappa shape index (κ2) is 5.66. The van der Waals surface area contributed by atoms with Gasteiger partial charge in [-0.05, 0) is 53.5 Å². The maximum atomic E-state index is 13.1. The van der Waals surface area contributed by atoms with Crippen LogP contribution in [0.1, 0.15) is 27.0 Å². The smallest absolute Gasteiger partial charge is 0.167 e. The number of carbonyl (C=O) groups is 1. The molecular formula is C16H14BrFO. The molecule has 0 amide bonds. The lowest BCUT2D eigenvalue weighted by Crippen LogP contribution is -2.04. The SMILES string of the molecule is Cc1cc(C)cc(CC(=O)c2ccc(F)c(Br)c2)c1. The number of Topliss-reactive ketones (excluding diaryl/α,β-unsaturated/α-hetero) is 1. The first-order valence-corrected chi connectivity index (χ1v) is 6.80. The van der Waals surface area contributed by atoms with Gasteiger partial charge in [0.1, 0.15) is 5.82 Å². The molecule has 2 aromatic carbocycles. The van der Waals surface area contributed by atoms with E-state index in [0.717, 1.165) is 16.7 Å². The number of aryl methyl sites for hydroxylation is 2. The van der Waals surface area contributed by atoms with Gasteiger partial charge in [0.25, 0.3) is 0 Å². The van der Waals surface area contributed by atoms with E-state index in [1.54, 1.807) is 0 Å². The van der Waals surface area contributed by atoms with E-state index in [1.807, 2.05) is 26.0 Å². The highest BCUT2D eigenvalue weighted by molar-refractivity contribution is 9.10. The number of ketones is 1. The Balaban J connectivity index is 2.22. The van der Waals surface area contributed by atoms with Gasteiger partial charge in [-0.15, -0.1) is 0 Å². The quantitative estimate of drug-likeness (QED) is 0.753. The Hall–Kier alpha value is -1.48. The Morgan fingerprint density at radius 3 is 2.32 bits per heavy atom. The van der Waals surface area contributed by atoms with E-state index in [1.165, 1.54) is 18.2 Å². The lowest BCUT2D eigenvalue weighted by molar-refractivity contribution is 0.0993. The summed E-state index contributed by atoms with van der Waals surface area (Å²) in [5.41, 5.74) is 3.79. The van der Waals surface area contributed by atoms with Crippen LogP contribution in [0.3, 0.4) is 0 Å². The van der Waals surface area contributed by atoms with Crippen LogP contribution in [0, 0.1) is 19.7 Å². The molecular weight excluding hydrogens is 307 g/mol. The maximum absolute atomic E-state index is 13.1. The summed E-state index contributed by atoms with van der Waals surface area (Å²) < 4.78 is 13.5. The van der Waals surface area contributed by atoms with Crippen molar-refractivity contribution in [1.82, 2.24) is 0 Å². The molecule has 0 bridgehead atoms. The van der Waals surface area contributed by atoms with Crippen molar-refractivity contribution in [3.63, 3.8) is 0 Å². The van der Waals surface area contributed by atoms with Crippen molar-refractivity contribution in [2.24, 2.45) is 0 Å². The standard InChI is InChI=1S/C16H14BrFO/c1-10-5-11(2)7-12(6-10)8-16(19)13-3-4-15(18)14(17)9-13/h3-7,9H,8H2,1-2H3. The number of halogens is 2. The van der Waals surface area contributed by atoms with Crippen LogP contribution in [-0.4, -0.2) is 5.78 Å². The molecule has 0 saturated carbocycles. The van der Waals surface area contributed by atoms with Gasteiger partial charge in [0, 0.05) is 12.0 Å². The largest absolute Gasteiger partial charge is 0.294 e. The van der Waals surface area contributed by atoms with Crippen LogP contribution in [0.15, 0.2) is 40.9 Å². The van der Waals surface area contributed by atoms with Crippen molar-refractivity contribution in [1.29, 1.82) is 0 Å². The van der Waals surface area contributed by atoms with Crippen molar-refractivity contribution in [3.8, 4) is 0 Å². The zero-order chi connectivity index (χ0) is 14.0. The van der Waals surface area contributed by atoms with Crippen molar-refractivity contribution in [3.05, 3.63) is 68.9 Å². The van der Waals surface area contributed by atoms with Gasteiger partial charge >= 0.3 is 0 Å². The lowest BCUT2D eigenvalue weighted by atomic mass is 10.00. The zero-order valence-corrected chi connectivity index (χ0v) is 12.4. The van der Waals surface area contributed by atoms with Crippen LogP contribution in [0.2, 0.25) is 0 Å². The molecule has 3 heteroatoms. The van der Waals surface area contributed by atoms with Crippen LogP contribution in [0.25, 0.3) is 0 Å². The molecule has 0 unspecified atom stereocenters. The average Bonchev–Trinajstić information content (AvgIpc) is 2.31. The van der Waals surface area contributed by atoms with Gasteiger partial charge < -0.3 is 0 Å². The van der Waals surface area contributed by atoms with E-state index < -0.39 is 0 Å². The summed E-state index contributed by atoms with van der Waals surface area (Å²) in [7, 11) is 0. The molecule has 0 aliphatic carbocycles. The zero-order valence-electron chi connectivity index (χ0n) is 10.8. The minimum atomic E-state index is -0.358. The van der Waals surface area contributed by atoms with Crippen LogP contribution >= 0.6 is 15.9 Å². The normalized spacial score (nSPS) is 10.5. The molecule has 0 aromatic heterocycles. The third kappa shape index (κ3) is 3.51. The number of hydrogen-bond donors (Lipinski definition) is 0. The predicted molar refractivity (Wildman–Crippen MR) is 78.1 cm³/mol. The molecule has 0 radical (unpaired) electrons. The molecule has 0 aliphatic rings. The Kier molecular flexibility index (Phi) is 4.15. The molecule has 0 saturated heterocycles. The fourth-order valence-electron chi connectivity index (χ4n) is 2.13. The highest BCUT2D eigenvalue weighted by atomic mass is 79.9. The van der Waals surface area contributed by atoms with E-state index >= 15 is 0 Å². The minimum Gasteiger partial charge on any atom is -0.294 e. The summed E-state index contributed by atoms with van der Waals surface area (Å²) >= 11 is 3.10. The van der Waals surface area contributed by atoms with Crippen LogP contribution in [-0.2, 0) is 6.42 Å². The average molecular weight is 321 g/mol. The van der Waals surface area contributed by atoms with Gasteiger partial charge in [-0.1, -0.05) is 29.3 Å². The fraction of sp³-hybridized carbons (Fsp3) is 0.188. The second-order valence-corrected chi connectivity index (χ2v) is 5.58. The molecule has 1 nitrogen and oxygen atoms in total. The van der Waals surface area contributed by atoms with Gasteiger partial charge in [-0.25, -0.2) is 4.39 Å². The van der Waals surface area contributed by atoms with Crippen LogP contribution < -0.4 is 0 Å². The molecule has 0 aliphatic heterocycles. The molecule has 98 valence electrons. The summed E-state index contributed by atoms with van der Waals surface area (Å²) in [6.07, 6.45) is 0.334. The van der Waals surface area contributed by atoms with E-state index in [4.69, 9.17) is 0 Å². The molecule has 0 fully saturated rings. The molecule has 19 heavy (non-hydrogen) atoms. The summed E-state index contributed by atoms with van der Waals surface area (Å²) in [5.74, 6) is -0.367. The monoisotopic (exact) mass is 320 g/mol. The predicted octanol–water partition coefficient (Wildman–Crippen LogP) is 4.63. The molecule has 0 heterocycles. The first kappa shape index (κ1) is 13.9. The van der Waals surface area contributed by atoms with Gasteiger partial charge in [0.2, 0.25) is 0 Å². The Labute approximate surface area is 120 Å². The first-order chi connectivity index (χ1) is 8.95. The number of benzene rings is 2. The highest BCUT2D eigenvalue weighted by Gasteiger charge is 2.10. The lowest BCUT2D eigenvalue weighted by Gasteiger charge is -2.05. The summed E-state index contributed by atoms with van der Waals surface area (Å²) in [6.45, 7) is 4.02. The van der Waals surface area contributed by atoms with Gasteiger partial charge in [-0.2, -0.15) is 0 Å². The van der Waals surface area contributed by atoms with E-state index in [0.29, 0.717) is 16.5 Å². The Morgan fingerprint density at radius 2 is 1.74 bits per heavy atom. The fourth-order valence-corrected chi connectivity index (χ4v) is 2.51. The minimum absolute atomic E-state index is 0.00861. The number of hydrogen-bond acceptors (Lipinski definition) is 1. The highest BCUT2D eigenvalue weighted by Crippen LogP contribution is 2.19. The molecule has 2 rings (SSSR count). The molecule has 0 atom stereocenters. The van der Waals surface area contributed by atoms with Gasteiger partial charge in [0.05, 0.1) is 4.47 Å². The summed E-state index contributed by atoms with van der Waals surface area (Å²) in [4.78, 5) is 12.2. The number of carbonyl (C=O) groups excluding carboxylic acids is 1. The third-order valence-corrected chi connectivity index (χ3v) is 3.50. The second-order valence-electron chi connectivity index (χ2n) is 4.72. The van der Waals surface area contributed by atoms with Crippen LogP contribution in [0.4, 0.5) is 4.39 Å². The Bertz CT molecular complexity index is 614. The van der Waals surface area contributed by atoms with Crippen molar-refractivity contribution >= 4 is 21.7 Å². The van der Waals surface area contributed by atoms with Gasteiger partial charge in [0.15, 0.2) is 5.78 Å². The van der Waals surface area contributed by atoms with Crippen molar-refractivity contribution in [2.45, 2.75) is 20.3 Å². The molecule has 0 N–H and O–H groups in total. The van der Waals surface area contributed by atoms with E-state index in [9.17, 15) is 9.18 Å². The van der Waals surface area contributed by atoms with E-state index in [-0.39, 0.29) is 11.6 Å².